The Morgan fingerprint density at radius 2 is 1.82 bits per heavy atom. The van der Waals surface area contributed by atoms with Gasteiger partial charge in [-0.15, -0.1) is 0 Å². The number of anilines is 1. The molecule has 114 valence electrons. The number of benzene rings is 1. The van der Waals surface area contributed by atoms with E-state index in [-0.39, 0.29) is 30.7 Å². The fraction of sp³-hybridized carbons (Fsp3) is 0.438. The normalized spacial score (nSPS) is 15.0. The van der Waals surface area contributed by atoms with Gasteiger partial charge in [0.25, 0.3) is 0 Å². The van der Waals surface area contributed by atoms with Gasteiger partial charge in [0.15, 0.2) is 0 Å². The maximum atomic E-state index is 13.8. The summed E-state index contributed by atoms with van der Waals surface area (Å²) in [5.74, 6) is -0.621. The van der Waals surface area contributed by atoms with Crippen molar-refractivity contribution in [3.8, 4) is 12.1 Å². The van der Waals surface area contributed by atoms with Crippen molar-refractivity contribution in [2.75, 3.05) is 31.1 Å². The molecular formula is C16H17FN4O. The van der Waals surface area contributed by atoms with Gasteiger partial charge in [0.05, 0.1) is 17.8 Å². The number of carbonyl (C=O) groups is 1. The summed E-state index contributed by atoms with van der Waals surface area (Å²) in [6.07, 6.45) is 1.20. The molecule has 1 amide bonds. The molecule has 0 bridgehead atoms. The number of para-hydroxylation sites is 1. The average Bonchev–Trinajstić information content (AvgIpc) is 2.55. The number of hydrogen-bond donors (Lipinski definition) is 0. The van der Waals surface area contributed by atoms with Gasteiger partial charge in [-0.05, 0) is 25.0 Å². The zero-order valence-corrected chi connectivity index (χ0v) is 12.2. The highest BCUT2D eigenvalue weighted by atomic mass is 19.1. The molecule has 1 saturated heterocycles. The predicted octanol–water partition coefficient (Wildman–Crippen LogP) is 1.92. The van der Waals surface area contributed by atoms with Gasteiger partial charge in [0.1, 0.15) is 18.9 Å². The topological polar surface area (TPSA) is 71.1 Å². The number of halogens is 1. The van der Waals surface area contributed by atoms with Crippen molar-refractivity contribution in [2.45, 2.75) is 12.8 Å². The first-order valence-corrected chi connectivity index (χ1v) is 7.19. The van der Waals surface area contributed by atoms with Crippen molar-refractivity contribution in [3.05, 3.63) is 30.1 Å². The number of amides is 1. The summed E-state index contributed by atoms with van der Waals surface area (Å²) in [5, 5.41) is 17.5. The highest BCUT2D eigenvalue weighted by Gasteiger charge is 2.29. The van der Waals surface area contributed by atoms with Crippen LogP contribution >= 0.6 is 0 Å². The van der Waals surface area contributed by atoms with E-state index in [4.69, 9.17) is 10.5 Å². The lowest BCUT2D eigenvalue weighted by Crippen LogP contribution is -2.43. The van der Waals surface area contributed by atoms with Crippen molar-refractivity contribution >= 4 is 11.6 Å². The minimum absolute atomic E-state index is 0.0695. The first-order chi connectivity index (χ1) is 10.7. The van der Waals surface area contributed by atoms with Gasteiger partial charge in [-0.2, -0.15) is 10.5 Å². The third-order valence-corrected chi connectivity index (χ3v) is 3.87. The van der Waals surface area contributed by atoms with E-state index in [9.17, 15) is 9.18 Å². The Morgan fingerprint density at radius 3 is 2.36 bits per heavy atom. The lowest BCUT2D eigenvalue weighted by atomic mass is 9.94. The largest absolute Gasteiger partial charge is 0.369 e. The van der Waals surface area contributed by atoms with Gasteiger partial charge in [0.2, 0.25) is 5.91 Å². The van der Waals surface area contributed by atoms with Gasteiger partial charge in [-0.3, -0.25) is 4.79 Å². The van der Waals surface area contributed by atoms with Crippen LogP contribution in [0.2, 0.25) is 0 Å². The van der Waals surface area contributed by atoms with E-state index < -0.39 is 0 Å². The fourth-order valence-corrected chi connectivity index (χ4v) is 2.72. The van der Waals surface area contributed by atoms with Gasteiger partial charge < -0.3 is 9.80 Å². The smallest absolute Gasteiger partial charge is 0.227 e. The highest BCUT2D eigenvalue weighted by Crippen LogP contribution is 2.26. The van der Waals surface area contributed by atoms with Crippen LogP contribution in [0.4, 0.5) is 10.1 Å². The summed E-state index contributed by atoms with van der Waals surface area (Å²) in [6.45, 7) is 1.04. The van der Waals surface area contributed by atoms with Crippen LogP contribution in [0.15, 0.2) is 24.3 Å². The number of carbonyl (C=O) groups excluding carboxylic acids is 1. The Labute approximate surface area is 129 Å². The quantitative estimate of drug-likeness (QED) is 0.796. The zero-order valence-electron chi connectivity index (χ0n) is 12.2. The van der Waals surface area contributed by atoms with Crippen molar-refractivity contribution in [3.63, 3.8) is 0 Å². The van der Waals surface area contributed by atoms with Crippen molar-refractivity contribution in [2.24, 2.45) is 5.92 Å². The summed E-state index contributed by atoms with van der Waals surface area (Å²) in [6, 6.07) is 10.4. The molecule has 0 aliphatic carbocycles. The van der Waals surface area contributed by atoms with Gasteiger partial charge in [-0.1, -0.05) is 12.1 Å². The Morgan fingerprint density at radius 1 is 1.23 bits per heavy atom. The molecule has 0 atom stereocenters. The summed E-state index contributed by atoms with van der Waals surface area (Å²) in [7, 11) is 0. The van der Waals surface area contributed by atoms with E-state index in [0.717, 1.165) is 0 Å². The van der Waals surface area contributed by atoms with E-state index in [1.165, 1.54) is 11.0 Å². The minimum atomic E-state index is -0.261. The molecule has 2 rings (SSSR count). The standard InChI is InChI=1S/C16H17FN4O/c17-14-3-1-2-4-15(14)20-9-5-13(6-10-20)16(22)21(11-7-18)12-8-19/h1-4,13H,5-6,9-12H2. The lowest BCUT2D eigenvalue weighted by Gasteiger charge is -2.34. The summed E-state index contributed by atoms with van der Waals surface area (Å²) in [5.41, 5.74) is 0.555. The number of hydrogen-bond acceptors (Lipinski definition) is 4. The van der Waals surface area contributed by atoms with Crippen LogP contribution in [-0.4, -0.2) is 37.0 Å². The molecule has 1 aromatic rings. The summed E-state index contributed by atoms with van der Waals surface area (Å²) < 4.78 is 13.8. The second-order valence-corrected chi connectivity index (χ2v) is 5.22. The first-order valence-electron chi connectivity index (χ1n) is 7.19. The third-order valence-electron chi connectivity index (χ3n) is 3.87. The summed E-state index contributed by atoms with van der Waals surface area (Å²) in [4.78, 5) is 15.5. The molecule has 6 heteroatoms. The molecular weight excluding hydrogens is 283 g/mol. The van der Waals surface area contributed by atoms with Crippen LogP contribution in [0.5, 0.6) is 0 Å². The molecule has 1 heterocycles. The van der Waals surface area contributed by atoms with Crippen LogP contribution in [0.25, 0.3) is 0 Å². The van der Waals surface area contributed by atoms with Crippen molar-refractivity contribution < 1.29 is 9.18 Å². The van der Waals surface area contributed by atoms with Crippen LogP contribution in [0.3, 0.4) is 0 Å². The molecule has 0 N–H and O–H groups in total. The molecule has 0 unspecified atom stereocenters. The van der Waals surface area contributed by atoms with Crippen molar-refractivity contribution in [1.82, 2.24) is 4.90 Å². The van der Waals surface area contributed by atoms with E-state index >= 15 is 0 Å². The highest BCUT2D eigenvalue weighted by molar-refractivity contribution is 5.79. The predicted molar refractivity (Wildman–Crippen MR) is 79.1 cm³/mol. The van der Waals surface area contributed by atoms with Gasteiger partial charge >= 0.3 is 0 Å². The van der Waals surface area contributed by atoms with Gasteiger partial charge in [0, 0.05) is 19.0 Å². The first kappa shape index (κ1) is 15.8. The number of nitriles is 2. The van der Waals surface area contributed by atoms with Crippen LogP contribution < -0.4 is 4.90 Å². The fourth-order valence-electron chi connectivity index (χ4n) is 2.72. The number of piperidine rings is 1. The van der Waals surface area contributed by atoms with Crippen LogP contribution in [0, 0.1) is 34.4 Å². The molecule has 1 aliphatic heterocycles. The molecule has 0 aromatic heterocycles. The molecule has 0 saturated carbocycles. The minimum Gasteiger partial charge on any atom is -0.369 e. The molecule has 1 aromatic carbocycles. The lowest BCUT2D eigenvalue weighted by molar-refractivity contribution is -0.135. The Hall–Kier alpha value is -2.60. The van der Waals surface area contributed by atoms with Crippen LogP contribution in [-0.2, 0) is 4.79 Å². The zero-order chi connectivity index (χ0) is 15.9. The number of rotatable bonds is 4. The molecule has 22 heavy (non-hydrogen) atoms. The molecule has 0 spiro atoms. The Balaban J connectivity index is 1.97. The van der Waals surface area contributed by atoms with E-state index in [1.54, 1.807) is 18.2 Å². The molecule has 5 nitrogen and oxygen atoms in total. The maximum Gasteiger partial charge on any atom is 0.227 e. The van der Waals surface area contributed by atoms with E-state index in [1.807, 2.05) is 17.0 Å². The monoisotopic (exact) mass is 300 g/mol. The second-order valence-electron chi connectivity index (χ2n) is 5.22. The maximum absolute atomic E-state index is 13.8. The van der Waals surface area contributed by atoms with E-state index in [0.29, 0.717) is 31.6 Å². The average molecular weight is 300 g/mol. The second kappa shape index (κ2) is 7.42. The summed E-state index contributed by atoms with van der Waals surface area (Å²) >= 11 is 0. The number of nitrogens with zero attached hydrogens (tertiary/aromatic N) is 4. The Kier molecular flexibility index (Phi) is 5.32. The van der Waals surface area contributed by atoms with Crippen molar-refractivity contribution in [1.29, 1.82) is 10.5 Å². The third kappa shape index (κ3) is 3.53. The SMILES string of the molecule is N#CCN(CC#N)C(=O)C1CCN(c2ccccc2F)CC1. The van der Waals surface area contributed by atoms with E-state index in [2.05, 4.69) is 0 Å². The molecule has 1 aliphatic rings. The van der Waals surface area contributed by atoms with Crippen LogP contribution in [0.1, 0.15) is 12.8 Å². The molecule has 0 radical (unpaired) electrons. The van der Waals surface area contributed by atoms with Gasteiger partial charge in [-0.25, -0.2) is 4.39 Å². The molecule has 1 fully saturated rings. The Bertz CT molecular complexity index is 595.